The lowest BCUT2D eigenvalue weighted by Gasteiger charge is -2.24. The Bertz CT molecular complexity index is 835. The standard InChI is InChI=1S/C21H26N4O2/c1-14-8-15(13-24(2)3)10-17(9-14)23-21(27)18-11-19(26)25(4)20(18)16-6-5-7-22-12-16/h5-10,12,18,20H,11,13H2,1-4H3,(H,23,27)/t18-,20+/m0/s1. The fourth-order valence-corrected chi connectivity index (χ4v) is 3.74. The summed E-state index contributed by atoms with van der Waals surface area (Å²) in [7, 11) is 5.77. The van der Waals surface area contributed by atoms with E-state index in [0.29, 0.717) is 0 Å². The maximum atomic E-state index is 13.0. The Kier molecular flexibility index (Phi) is 5.56. The van der Waals surface area contributed by atoms with Crippen LogP contribution in [-0.4, -0.2) is 47.7 Å². The van der Waals surface area contributed by atoms with Crippen LogP contribution in [-0.2, 0) is 16.1 Å². The number of aromatic nitrogens is 1. The van der Waals surface area contributed by atoms with Gasteiger partial charge in [0.15, 0.2) is 0 Å². The van der Waals surface area contributed by atoms with Gasteiger partial charge in [0.25, 0.3) is 0 Å². The van der Waals surface area contributed by atoms with E-state index >= 15 is 0 Å². The Balaban J connectivity index is 1.82. The molecule has 2 amide bonds. The summed E-state index contributed by atoms with van der Waals surface area (Å²) in [5, 5.41) is 3.02. The van der Waals surface area contributed by atoms with Crippen LogP contribution in [0.3, 0.4) is 0 Å². The minimum atomic E-state index is -0.440. The second-order valence-corrected chi connectivity index (χ2v) is 7.48. The Morgan fingerprint density at radius 3 is 2.78 bits per heavy atom. The molecule has 1 fully saturated rings. The molecule has 0 bridgehead atoms. The van der Waals surface area contributed by atoms with Gasteiger partial charge in [0.05, 0.1) is 12.0 Å². The number of carbonyl (C=O) groups is 2. The first-order valence-electron chi connectivity index (χ1n) is 9.07. The lowest BCUT2D eigenvalue weighted by molar-refractivity contribution is -0.127. The van der Waals surface area contributed by atoms with Gasteiger partial charge in [0.1, 0.15) is 0 Å². The predicted molar refractivity (Wildman–Crippen MR) is 105 cm³/mol. The summed E-state index contributed by atoms with van der Waals surface area (Å²) in [6, 6.07) is 9.50. The number of nitrogens with one attached hydrogen (secondary N) is 1. The minimum absolute atomic E-state index is 0.0263. The van der Waals surface area contributed by atoms with Crippen molar-refractivity contribution in [1.82, 2.24) is 14.8 Å². The highest BCUT2D eigenvalue weighted by molar-refractivity contribution is 5.98. The topological polar surface area (TPSA) is 65.5 Å². The Hall–Kier alpha value is -2.73. The molecular formula is C21H26N4O2. The molecule has 142 valence electrons. The number of nitrogens with zero attached hydrogens (tertiary/aromatic N) is 3. The molecule has 2 aromatic rings. The number of rotatable bonds is 5. The van der Waals surface area contributed by atoms with Crippen LogP contribution in [0.5, 0.6) is 0 Å². The van der Waals surface area contributed by atoms with Crippen molar-refractivity contribution in [2.75, 3.05) is 26.5 Å². The highest BCUT2D eigenvalue weighted by Gasteiger charge is 2.42. The van der Waals surface area contributed by atoms with Crippen molar-refractivity contribution in [2.45, 2.75) is 25.9 Å². The second kappa shape index (κ2) is 7.88. The molecule has 0 unspecified atom stereocenters. The second-order valence-electron chi connectivity index (χ2n) is 7.48. The number of aryl methyl sites for hydroxylation is 1. The van der Waals surface area contributed by atoms with Crippen LogP contribution in [0.1, 0.15) is 29.2 Å². The SMILES string of the molecule is Cc1cc(CN(C)C)cc(NC(=O)[C@H]2CC(=O)N(C)[C@@H]2c2cccnc2)c1. The van der Waals surface area contributed by atoms with Gasteiger partial charge in [-0.25, -0.2) is 0 Å². The average molecular weight is 366 g/mol. The molecule has 6 heteroatoms. The number of carbonyl (C=O) groups excluding carboxylic acids is 2. The first kappa shape index (κ1) is 19.0. The van der Waals surface area contributed by atoms with Gasteiger partial charge in [0.2, 0.25) is 11.8 Å². The zero-order valence-electron chi connectivity index (χ0n) is 16.3. The van der Waals surface area contributed by atoms with Crippen LogP contribution in [0, 0.1) is 12.8 Å². The molecule has 27 heavy (non-hydrogen) atoms. The average Bonchev–Trinajstić information content (AvgIpc) is 2.90. The van der Waals surface area contributed by atoms with Crippen LogP contribution in [0.15, 0.2) is 42.7 Å². The molecule has 0 spiro atoms. The molecule has 1 aromatic carbocycles. The van der Waals surface area contributed by atoms with Crippen LogP contribution in [0.25, 0.3) is 0 Å². The summed E-state index contributed by atoms with van der Waals surface area (Å²) in [4.78, 5) is 33.2. The Morgan fingerprint density at radius 2 is 2.11 bits per heavy atom. The maximum Gasteiger partial charge on any atom is 0.230 e. The van der Waals surface area contributed by atoms with Crippen molar-refractivity contribution >= 4 is 17.5 Å². The molecule has 1 aliphatic rings. The van der Waals surface area contributed by atoms with Crippen molar-refractivity contribution in [3.05, 3.63) is 59.4 Å². The number of hydrogen-bond acceptors (Lipinski definition) is 4. The van der Waals surface area contributed by atoms with Gasteiger partial charge in [-0.3, -0.25) is 14.6 Å². The monoisotopic (exact) mass is 366 g/mol. The van der Waals surface area contributed by atoms with E-state index in [4.69, 9.17) is 0 Å². The summed E-state index contributed by atoms with van der Waals surface area (Å²) < 4.78 is 0. The van der Waals surface area contributed by atoms with E-state index in [1.807, 2.05) is 45.3 Å². The van der Waals surface area contributed by atoms with Crippen molar-refractivity contribution in [3.8, 4) is 0 Å². The third kappa shape index (κ3) is 4.34. The Morgan fingerprint density at radius 1 is 1.33 bits per heavy atom. The van der Waals surface area contributed by atoms with Crippen molar-refractivity contribution in [2.24, 2.45) is 5.92 Å². The van der Waals surface area contributed by atoms with E-state index in [1.54, 1.807) is 24.3 Å². The van der Waals surface area contributed by atoms with E-state index < -0.39 is 5.92 Å². The molecule has 1 aliphatic heterocycles. The van der Waals surface area contributed by atoms with Gasteiger partial charge in [0, 0.05) is 38.1 Å². The fourth-order valence-electron chi connectivity index (χ4n) is 3.74. The molecule has 3 rings (SSSR count). The molecule has 0 aliphatic carbocycles. The van der Waals surface area contributed by atoms with E-state index in [1.165, 1.54) is 0 Å². The number of benzene rings is 1. The van der Waals surface area contributed by atoms with Gasteiger partial charge in [-0.1, -0.05) is 12.1 Å². The fraction of sp³-hybridized carbons (Fsp3) is 0.381. The van der Waals surface area contributed by atoms with Crippen LogP contribution in [0.2, 0.25) is 0 Å². The molecule has 1 N–H and O–H groups in total. The summed E-state index contributed by atoms with van der Waals surface area (Å²) in [5.74, 6) is -0.603. The number of pyridine rings is 1. The van der Waals surface area contributed by atoms with E-state index in [0.717, 1.165) is 28.9 Å². The van der Waals surface area contributed by atoms with Gasteiger partial charge in [-0.2, -0.15) is 0 Å². The number of amides is 2. The van der Waals surface area contributed by atoms with Gasteiger partial charge in [-0.05, 0) is 55.9 Å². The van der Waals surface area contributed by atoms with Crippen molar-refractivity contribution < 1.29 is 9.59 Å². The van der Waals surface area contributed by atoms with Crippen molar-refractivity contribution in [1.29, 1.82) is 0 Å². The van der Waals surface area contributed by atoms with Crippen LogP contribution in [0.4, 0.5) is 5.69 Å². The van der Waals surface area contributed by atoms with Gasteiger partial charge < -0.3 is 15.1 Å². The third-order valence-corrected chi connectivity index (χ3v) is 4.85. The van der Waals surface area contributed by atoms with E-state index in [-0.39, 0.29) is 24.3 Å². The summed E-state index contributed by atoms with van der Waals surface area (Å²) >= 11 is 0. The summed E-state index contributed by atoms with van der Waals surface area (Å²) in [6.07, 6.45) is 3.62. The maximum absolute atomic E-state index is 13.0. The zero-order chi connectivity index (χ0) is 19.6. The molecule has 2 heterocycles. The molecule has 2 atom stereocenters. The smallest absolute Gasteiger partial charge is 0.230 e. The number of likely N-dealkylation sites (tertiary alicyclic amines) is 1. The third-order valence-electron chi connectivity index (χ3n) is 4.85. The zero-order valence-corrected chi connectivity index (χ0v) is 16.3. The lowest BCUT2D eigenvalue weighted by atomic mass is 9.93. The van der Waals surface area contributed by atoms with E-state index in [9.17, 15) is 9.59 Å². The first-order valence-corrected chi connectivity index (χ1v) is 9.07. The van der Waals surface area contributed by atoms with Gasteiger partial charge in [-0.15, -0.1) is 0 Å². The summed E-state index contributed by atoms with van der Waals surface area (Å²) in [6.45, 7) is 2.81. The molecule has 0 saturated carbocycles. The highest BCUT2D eigenvalue weighted by atomic mass is 16.2. The molecule has 0 radical (unpaired) electrons. The number of hydrogen-bond donors (Lipinski definition) is 1. The van der Waals surface area contributed by atoms with Crippen LogP contribution >= 0.6 is 0 Å². The van der Waals surface area contributed by atoms with Crippen LogP contribution < -0.4 is 5.32 Å². The molecule has 6 nitrogen and oxygen atoms in total. The van der Waals surface area contributed by atoms with E-state index in [2.05, 4.69) is 21.3 Å². The molecule has 1 aromatic heterocycles. The first-order chi connectivity index (χ1) is 12.8. The molecular weight excluding hydrogens is 340 g/mol. The lowest BCUT2D eigenvalue weighted by Crippen LogP contribution is -2.30. The highest BCUT2D eigenvalue weighted by Crippen LogP contribution is 2.37. The molecule has 1 saturated heterocycles. The number of anilines is 1. The Labute approximate surface area is 160 Å². The normalized spacial score (nSPS) is 19.6. The largest absolute Gasteiger partial charge is 0.338 e. The minimum Gasteiger partial charge on any atom is -0.338 e. The van der Waals surface area contributed by atoms with Crippen molar-refractivity contribution in [3.63, 3.8) is 0 Å². The predicted octanol–water partition coefficient (Wildman–Crippen LogP) is 2.61. The van der Waals surface area contributed by atoms with Gasteiger partial charge >= 0.3 is 0 Å². The summed E-state index contributed by atoms with van der Waals surface area (Å²) in [5.41, 5.74) is 3.87. The quantitative estimate of drug-likeness (QED) is 0.883.